The van der Waals surface area contributed by atoms with Gasteiger partial charge in [-0.1, -0.05) is 12.1 Å². The van der Waals surface area contributed by atoms with E-state index in [0.717, 1.165) is 17.7 Å². The van der Waals surface area contributed by atoms with Crippen LogP contribution in [0.5, 0.6) is 0 Å². The van der Waals surface area contributed by atoms with Crippen molar-refractivity contribution in [1.29, 1.82) is 0 Å². The highest BCUT2D eigenvalue weighted by Crippen LogP contribution is 2.19. The zero-order valence-electron chi connectivity index (χ0n) is 11.1. The third kappa shape index (κ3) is 4.20. The van der Waals surface area contributed by atoms with E-state index < -0.39 is 0 Å². The number of hydrogen-bond acceptors (Lipinski definition) is 1. The second-order valence-electron chi connectivity index (χ2n) is 4.84. The van der Waals surface area contributed by atoms with Gasteiger partial charge >= 0.3 is 0 Å². The molecule has 0 bridgehead atoms. The van der Waals surface area contributed by atoms with E-state index in [-0.39, 0.29) is 11.9 Å². The summed E-state index contributed by atoms with van der Waals surface area (Å²) in [6.07, 6.45) is 0.809. The molecule has 100 valence electrons. The Morgan fingerprint density at radius 2 is 2.00 bits per heavy atom. The molecule has 0 radical (unpaired) electrons. The van der Waals surface area contributed by atoms with E-state index in [9.17, 15) is 4.39 Å². The van der Waals surface area contributed by atoms with Crippen LogP contribution in [0.25, 0.3) is 0 Å². The lowest BCUT2D eigenvalue weighted by Gasteiger charge is -2.17. The van der Waals surface area contributed by atoms with Gasteiger partial charge in [-0.05, 0) is 84.3 Å². The number of halogens is 2. The minimum Gasteiger partial charge on any atom is -0.382 e. The van der Waals surface area contributed by atoms with Gasteiger partial charge in [0.25, 0.3) is 0 Å². The lowest BCUT2D eigenvalue weighted by molar-refractivity contribution is 0.624. The van der Waals surface area contributed by atoms with Gasteiger partial charge in [0.15, 0.2) is 0 Å². The van der Waals surface area contributed by atoms with Crippen LogP contribution in [0, 0.1) is 16.3 Å². The molecule has 3 heteroatoms. The summed E-state index contributed by atoms with van der Waals surface area (Å²) < 4.78 is 14.4. The Morgan fingerprint density at radius 1 is 1.21 bits per heavy atom. The molecule has 0 aliphatic carbocycles. The van der Waals surface area contributed by atoms with Crippen LogP contribution in [0.2, 0.25) is 0 Å². The van der Waals surface area contributed by atoms with Crippen molar-refractivity contribution in [2.75, 3.05) is 5.32 Å². The van der Waals surface area contributed by atoms with Crippen molar-refractivity contribution in [1.82, 2.24) is 0 Å². The van der Waals surface area contributed by atoms with Gasteiger partial charge in [-0.3, -0.25) is 0 Å². The molecule has 1 nitrogen and oxygen atoms in total. The van der Waals surface area contributed by atoms with E-state index in [1.165, 1.54) is 15.2 Å². The van der Waals surface area contributed by atoms with Crippen LogP contribution < -0.4 is 5.32 Å². The summed E-state index contributed by atoms with van der Waals surface area (Å²) in [6.45, 7) is 4.21. The predicted octanol–water partition coefficient (Wildman–Crippen LogP) is 4.78. The molecular weight excluding hydrogens is 352 g/mol. The van der Waals surface area contributed by atoms with Crippen LogP contribution in [0.3, 0.4) is 0 Å². The fourth-order valence-corrected chi connectivity index (χ4v) is 2.77. The van der Waals surface area contributed by atoms with Crippen LogP contribution in [-0.4, -0.2) is 6.04 Å². The van der Waals surface area contributed by atoms with Gasteiger partial charge in [0.05, 0.1) is 0 Å². The summed E-state index contributed by atoms with van der Waals surface area (Å²) in [6, 6.07) is 13.4. The van der Waals surface area contributed by atoms with E-state index in [2.05, 4.69) is 60.0 Å². The highest BCUT2D eigenvalue weighted by atomic mass is 127. The molecule has 0 aliphatic heterocycles. The Bertz CT molecular complexity index is 568. The first-order valence-corrected chi connectivity index (χ1v) is 7.39. The summed E-state index contributed by atoms with van der Waals surface area (Å²) in [4.78, 5) is 0. The number of benzene rings is 2. The topological polar surface area (TPSA) is 12.0 Å². The second-order valence-corrected chi connectivity index (χ2v) is 6.08. The van der Waals surface area contributed by atoms with Crippen LogP contribution in [0.4, 0.5) is 10.1 Å². The molecule has 1 atom stereocenters. The van der Waals surface area contributed by atoms with Crippen LogP contribution in [0.1, 0.15) is 18.1 Å². The Hall–Kier alpha value is -1.10. The number of anilines is 1. The zero-order chi connectivity index (χ0) is 13.8. The number of nitrogens with one attached hydrogen (secondary N) is 1. The highest BCUT2D eigenvalue weighted by Gasteiger charge is 2.06. The molecule has 0 saturated carbocycles. The minimum absolute atomic E-state index is 0.171. The molecule has 0 amide bonds. The summed E-state index contributed by atoms with van der Waals surface area (Å²) in [5, 5.41) is 3.48. The van der Waals surface area contributed by atoms with Gasteiger partial charge in [0.2, 0.25) is 0 Å². The van der Waals surface area contributed by atoms with Crippen molar-refractivity contribution < 1.29 is 4.39 Å². The Kier molecular flexibility index (Phi) is 4.80. The van der Waals surface area contributed by atoms with Crippen molar-refractivity contribution in [3.8, 4) is 0 Å². The standard InChI is InChI=1S/C16H17FIN/c1-11-8-15(18)6-7-16(11)19-12(2)9-13-4-3-5-14(17)10-13/h3-8,10,12,19H,9H2,1-2H3. The average Bonchev–Trinajstić information content (AvgIpc) is 2.33. The summed E-state index contributed by atoms with van der Waals surface area (Å²) in [5.74, 6) is -0.171. The monoisotopic (exact) mass is 369 g/mol. The predicted molar refractivity (Wildman–Crippen MR) is 87.1 cm³/mol. The normalized spacial score (nSPS) is 12.2. The number of hydrogen-bond donors (Lipinski definition) is 1. The van der Waals surface area contributed by atoms with Crippen LogP contribution in [-0.2, 0) is 6.42 Å². The molecule has 0 aliphatic rings. The van der Waals surface area contributed by atoms with Crippen LogP contribution >= 0.6 is 22.6 Å². The van der Waals surface area contributed by atoms with Gasteiger partial charge < -0.3 is 5.32 Å². The molecule has 0 spiro atoms. The average molecular weight is 369 g/mol. The molecule has 19 heavy (non-hydrogen) atoms. The van der Waals surface area contributed by atoms with Gasteiger partial charge in [0.1, 0.15) is 5.82 Å². The Labute approximate surface area is 127 Å². The van der Waals surface area contributed by atoms with Crippen molar-refractivity contribution in [2.45, 2.75) is 26.3 Å². The zero-order valence-corrected chi connectivity index (χ0v) is 13.2. The van der Waals surface area contributed by atoms with Crippen molar-refractivity contribution in [2.24, 2.45) is 0 Å². The summed E-state index contributed by atoms with van der Waals surface area (Å²) in [5.41, 5.74) is 3.39. The molecule has 2 aromatic rings. The Morgan fingerprint density at radius 3 is 2.68 bits per heavy atom. The third-order valence-corrected chi connectivity index (χ3v) is 3.69. The molecule has 0 heterocycles. The first kappa shape index (κ1) is 14.3. The van der Waals surface area contributed by atoms with Gasteiger partial charge in [0, 0.05) is 15.3 Å². The van der Waals surface area contributed by atoms with E-state index in [1.54, 1.807) is 12.1 Å². The molecule has 1 N–H and O–H groups in total. The fourth-order valence-electron chi connectivity index (χ4n) is 2.12. The van der Waals surface area contributed by atoms with Crippen LogP contribution in [0.15, 0.2) is 42.5 Å². The largest absolute Gasteiger partial charge is 0.382 e. The summed E-state index contributed by atoms with van der Waals surface area (Å²) in [7, 11) is 0. The van der Waals surface area contributed by atoms with E-state index >= 15 is 0 Å². The van der Waals surface area contributed by atoms with Crippen molar-refractivity contribution in [3.05, 3.63) is 63.0 Å². The molecule has 2 rings (SSSR count). The SMILES string of the molecule is Cc1cc(I)ccc1NC(C)Cc1cccc(F)c1. The molecule has 1 unspecified atom stereocenters. The maximum atomic E-state index is 13.1. The molecular formula is C16H17FIN. The lowest BCUT2D eigenvalue weighted by atomic mass is 10.1. The minimum atomic E-state index is -0.171. The quantitative estimate of drug-likeness (QED) is 0.765. The second kappa shape index (κ2) is 6.37. The fraction of sp³-hybridized carbons (Fsp3) is 0.250. The highest BCUT2D eigenvalue weighted by molar-refractivity contribution is 14.1. The van der Waals surface area contributed by atoms with E-state index in [0.29, 0.717) is 0 Å². The maximum Gasteiger partial charge on any atom is 0.123 e. The molecule has 2 aromatic carbocycles. The van der Waals surface area contributed by atoms with Gasteiger partial charge in [-0.2, -0.15) is 0 Å². The Balaban J connectivity index is 2.03. The third-order valence-electron chi connectivity index (χ3n) is 3.02. The first-order chi connectivity index (χ1) is 9.04. The lowest BCUT2D eigenvalue weighted by Crippen LogP contribution is -2.18. The first-order valence-electron chi connectivity index (χ1n) is 6.32. The molecule has 0 fully saturated rings. The molecule has 0 aromatic heterocycles. The smallest absolute Gasteiger partial charge is 0.123 e. The van der Waals surface area contributed by atoms with E-state index in [4.69, 9.17) is 0 Å². The van der Waals surface area contributed by atoms with Gasteiger partial charge in [-0.15, -0.1) is 0 Å². The molecule has 0 saturated heterocycles. The maximum absolute atomic E-state index is 13.1. The summed E-state index contributed by atoms with van der Waals surface area (Å²) >= 11 is 2.31. The van der Waals surface area contributed by atoms with Crippen molar-refractivity contribution >= 4 is 28.3 Å². The number of aryl methyl sites for hydroxylation is 1. The van der Waals surface area contributed by atoms with E-state index in [1.807, 2.05) is 6.07 Å². The van der Waals surface area contributed by atoms with Gasteiger partial charge in [-0.25, -0.2) is 4.39 Å². The van der Waals surface area contributed by atoms with Crippen molar-refractivity contribution in [3.63, 3.8) is 0 Å². The number of rotatable bonds is 4.